The van der Waals surface area contributed by atoms with Gasteiger partial charge in [0.05, 0.1) is 7.82 Å². The first-order valence-corrected chi connectivity index (χ1v) is 2.24. The molecule has 0 unspecified atom stereocenters. The summed E-state index contributed by atoms with van der Waals surface area (Å²) in [4.78, 5) is 24.3. The molecule has 0 saturated heterocycles. The molecule has 0 heterocycles. The number of hydrogen-bond donors (Lipinski definition) is 1. The summed E-state index contributed by atoms with van der Waals surface area (Å²) >= 11 is 0. The molecule has 46 valence electrons. The van der Waals surface area contributed by atoms with Crippen LogP contribution < -0.4 is 9.79 Å². The minimum absolute atomic E-state index is 0. The van der Waals surface area contributed by atoms with Crippen molar-refractivity contribution in [3.05, 3.63) is 0 Å². The molecule has 0 bridgehead atoms. The Bertz CT molecular complexity index is 58.6. The maximum atomic E-state index is 8.66. The molecular formula is HCaFeO5P. The van der Waals surface area contributed by atoms with E-state index in [9.17, 15) is 0 Å². The van der Waals surface area contributed by atoms with Crippen LogP contribution in [0.1, 0.15) is 0 Å². The zero-order chi connectivity index (χ0) is 4.50. The van der Waals surface area contributed by atoms with Crippen LogP contribution in [0.25, 0.3) is 0 Å². The third-order valence-electron chi connectivity index (χ3n) is 0. The summed E-state index contributed by atoms with van der Waals surface area (Å²) in [7, 11) is -5.14. The predicted molar refractivity (Wildman–Crippen MR) is 16.3 cm³/mol. The van der Waals surface area contributed by atoms with E-state index in [1.54, 1.807) is 0 Å². The van der Waals surface area contributed by atoms with Crippen LogP contribution in [0.5, 0.6) is 0 Å². The number of phosphoric acid groups is 1. The van der Waals surface area contributed by atoms with Crippen molar-refractivity contribution in [1.29, 1.82) is 0 Å². The molecule has 0 fully saturated rings. The zero-order valence-electron chi connectivity index (χ0n) is 3.59. The summed E-state index contributed by atoms with van der Waals surface area (Å²) < 4.78 is 8.66. The fourth-order valence-electron chi connectivity index (χ4n) is 0. The molecule has 0 aromatic carbocycles. The Kier molecular flexibility index (Phi) is 24.9. The third-order valence-corrected chi connectivity index (χ3v) is 0. The van der Waals surface area contributed by atoms with E-state index in [0.29, 0.717) is 0 Å². The van der Waals surface area contributed by atoms with Gasteiger partial charge in [0.25, 0.3) is 0 Å². The second-order valence-electron chi connectivity index (χ2n) is 0.469. The summed E-state index contributed by atoms with van der Waals surface area (Å²) in [6.45, 7) is 0. The average molecular weight is 208 g/mol. The largest absolute Gasteiger partial charge is 2.00 e. The van der Waals surface area contributed by atoms with Gasteiger partial charge in [-0.25, -0.2) is 0 Å². The summed E-state index contributed by atoms with van der Waals surface area (Å²) in [5, 5.41) is 0. The van der Waals surface area contributed by atoms with Crippen molar-refractivity contribution in [2.24, 2.45) is 0 Å². The van der Waals surface area contributed by atoms with Crippen molar-refractivity contribution in [3.63, 3.8) is 0 Å². The molecule has 0 aliphatic rings. The van der Waals surface area contributed by atoms with Crippen molar-refractivity contribution in [2.45, 2.75) is 0 Å². The molecule has 0 radical (unpaired) electrons. The molecule has 0 aliphatic carbocycles. The van der Waals surface area contributed by atoms with E-state index in [4.69, 9.17) is 19.2 Å². The van der Waals surface area contributed by atoms with E-state index in [1.165, 1.54) is 0 Å². The Labute approximate surface area is 86.5 Å². The molecule has 8 heteroatoms. The molecular weight excluding hydrogens is 207 g/mol. The van der Waals surface area contributed by atoms with Gasteiger partial charge in [-0.3, -0.25) is 0 Å². The van der Waals surface area contributed by atoms with Gasteiger partial charge in [-0.05, 0) is 0 Å². The van der Waals surface area contributed by atoms with E-state index >= 15 is 0 Å². The first-order chi connectivity index (χ1) is 2.00. The van der Waals surface area contributed by atoms with Crippen LogP contribution in [0, 0.1) is 0 Å². The van der Waals surface area contributed by atoms with Gasteiger partial charge in [-0.15, -0.1) is 0 Å². The third kappa shape index (κ3) is 108. The normalized spacial score (nSPS) is 7.38. The van der Waals surface area contributed by atoms with Gasteiger partial charge in [0.2, 0.25) is 0 Å². The monoisotopic (exact) mass is 208 g/mol. The van der Waals surface area contributed by atoms with E-state index in [2.05, 4.69) is 0 Å². The van der Waals surface area contributed by atoms with Gasteiger partial charge in [0.15, 0.2) is 0 Å². The molecule has 0 atom stereocenters. The van der Waals surface area contributed by atoms with Gasteiger partial charge in [-0.2, -0.15) is 0 Å². The minimum Gasteiger partial charge on any atom is -2.00 e. The van der Waals surface area contributed by atoms with Crippen molar-refractivity contribution in [3.8, 4) is 0 Å². The fraction of sp³-hybridized carbons (Fsp3) is 0. The number of hydrogen-bond acceptors (Lipinski definition) is 3. The number of rotatable bonds is 0. The van der Waals surface area contributed by atoms with E-state index in [0.717, 1.165) is 0 Å². The maximum absolute atomic E-state index is 8.66. The quantitative estimate of drug-likeness (QED) is 0.344. The Morgan fingerprint density at radius 1 is 1.38 bits per heavy atom. The molecule has 1 N–H and O–H groups in total. The SMILES string of the molecule is O=P([O-])([O-])O.[Ca+2].[Fe+2].[O-2]. The van der Waals surface area contributed by atoms with Gasteiger partial charge in [0, 0.05) is 0 Å². The van der Waals surface area contributed by atoms with Gasteiger partial charge in [0.1, 0.15) is 0 Å². The van der Waals surface area contributed by atoms with E-state index in [-0.39, 0.29) is 60.3 Å². The van der Waals surface area contributed by atoms with Crippen LogP contribution in [0.3, 0.4) is 0 Å². The predicted octanol–water partition coefficient (Wildman–Crippen LogP) is -2.69. The summed E-state index contributed by atoms with van der Waals surface area (Å²) in [5.74, 6) is 0. The molecule has 0 saturated carbocycles. The first-order valence-electron chi connectivity index (χ1n) is 0.748. The second-order valence-corrected chi connectivity index (χ2v) is 1.41. The minimum atomic E-state index is -5.14. The van der Waals surface area contributed by atoms with Crippen LogP contribution >= 0.6 is 7.82 Å². The Morgan fingerprint density at radius 3 is 1.38 bits per heavy atom. The molecule has 8 heavy (non-hydrogen) atoms. The molecule has 0 aromatic rings. The first kappa shape index (κ1) is 22.5. The molecule has 0 aromatic heterocycles. The van der Waals surface area contributed by atoms with Crippen LogP contribution in [-0.4, -0.2) is 42.6 Å². The molecule has 5 nitrogen and oxygen atoms in total. The van der Waals surface area contributed by atoms with Crippen molar-refractivity contribution in [1.82, 2.24) is 0 Å². The average Bonchev–Trinajstić information content (AvgIpc) is 0.722. The van der Waals surface area contributed by atoms with Crippen LogP contribution in [0.4, 0.5) is 0 Å². The van der Waals surface area contributed by atoms with Gasteiger partial charge in [-0.1, -0.05) is 0 Å². The van der Waals surface area contributed by atoms with Crippen molar-refractivity contribution < 1.29 is 41.8 Å². The Morgan fingerprint density at radius 2 is 1.38 bits per heavy atom. The van der Waals surface area contributed by atoms with Crippen LogP contribution in [0.15, 0.2) is 0 Å². The Hall–Kier alpha value is 1.85. The van der Waals surface area contributed by atoms with E-state index in [1.807, 2.05) is 0 Å². The van der Waals surface area contributed by atoms with E-state index < -0.39 is 7.82 Å². The summed E-state index contributed by atoms with van der Waals surface area (Å²) in [6.07, 6.45) is 0. The van der Waals surface area contributed by atoms with Crippen LogP contribution in [0.2, 0.25) is 0 Å². The Balaban J connectivity index is -0.0000000267. The van der Waals surface area contributed by atoms with Gasteiger partial charge >= 0.3 is 54.8 Å². The topological polar surface area (TPSA) is 112 Å². The standard InChI is InChI=1S/Ca.Fe.H3O4P.O/c;;1-5(2,3)4;/h;;(H3,1,2,3,4);/q2*+2;;-2/p-2. The van der Waals surface area contributed by atoms with Crippen molar-refractivity contribution >= 4 is 45.6 Å². The smallest absolute Gasteiger partial charge is 2.00 e. The van der Waals surface area contributed by atoms with Crippen molar-refractivity contribution in [2.75, 3.05) is 0 Å². The zero-order valence-corrected chi connectivity index (χ0v) is 7.80. The molecule has 0 amide bonds. The molecule has 0 spiro atoms. The molecule has 0 aliphatic heterocycles. The maximum Gasteiger partial charge on any atom is 2.00 e. The fourth-order valence-corrected chi connectivity index (χ4v) is 0. The van der Waals surface area contributed by atoms with Gasteiger partial charge < -0.3 is 24.7 Å². The summed E-state index contributed by atoms with van der Waals surface area (Å²) in [6, 6.07) is 0. The second kappa shape index (κ2) is 8.85. The summed E-state index contributed by atoms with van der Waals surface area (Å²) in [5.41, 5.74) is 0. The van der Waals surface area contributed by atoms with Crippen LogP contribution in [-0.2, 0) is 27.1 Å². The molecule has 0 rings (SSSR count).